The van der Waals surface area contributed by atoms with E-state index in [1.165, 1.54) is 12.1 Å². The van der Waals surface area contributed by atoms with Crippen molar-refractivity contribution in [2.24, 2.45) is 0 Å². The smallest absolute Gasteiger partial charge is 0.261 e. The van der Waals surface area contributed by atoms with Crippen LogP contribution in [0.1, 0.15) is 31.1 Å². The largest absolute Gasteiger partial charge is 0.504 e. The van der Waals surface area contributed by atoms with E-state index in [0.29, 0.717) is 6.07 Å². The van der Waals surface area contributed by atoms with Crippen LogP contribution in [0.3, 0.4) is 0 Å². The van der Waals surface area contributed by atoms with E-state index in [1.54, 1.807) is 12.1 Å². The van der Waals surface area contributed by atoms with Gasteiger partial charge < -0.3 is 10.2 Å². The number of benzene rings is 2. The summed E-state index contributed by atoms with van der Waals surface area (Å²) >= 11 is 0. The van der Waals surface area contributed by atoms with Crippen LogP contribution in [0, 0.1) is 5.82 Å². The van der Waals surface area contributed by atoms with Gasteiger partial charge in [0.05, 0.1) is 23.2 Å². The molecule has 0 radical (unpaired) electrons. The summed E-state index contributed by atoms with van der Waals surface area (Å²) in [4.78, 5) is 37.2. The van der Waals surface area contributed by atoms with Gasteiger partial charge in [-0.3, -0.25) is 19.3 Å². The standard InChI is InChI=1S/C16H10FNO5/c17-11-6-13(20)12(19)5-10(11)14(21)7-18-15(22)8-3-1-2-4-9(8)16(18)23/h1-6,19-20H,7H2. The number of halogens is 1. The topological polar surface area (TPSA) is 94.9 Å². The highest BCUT2D eigenvalue weighted by atomic mass is 19.1. The van der Waals surface area contributed by atoms with E-state index in [2.05, 4.69) is 0 Å². The molecule has 0 unspecified atom stereocenters. The maximum Gasteiger partial charge on any atom is 0.261 e. The molecule has 2 N–H and O–H groups in total. The van der Waals surface area contributed by atoms with E-state index in [-0.39, 0.29) is 11.1 Å². The summed E-state index contributed by atoms with van der Waals surface area (Å²) in [6.07, 6.45) is 0. The average molecular weight is 315 g/mol. The van der Waals surface area contributed by atoms with Gasteiger partial charge in [-0.2, -0.15) is 0 Å². The first-order chi connectivity index (χ1) is 10.9. The molecule has 3 rings (SSSR count). The maximum absolute atomic E-state index is 13.7. The fraction of sp³-hybridized carbons (Fsp3) is 0.0625. The van der Waals surface area contributed by atoms with Crippen LogP contribution in [0.25, 0.3) is 0 Å². The highest BCUT2D eigenvalue weighted by molar-refractivity contribution is 6.23. The van der Waals surface area contributed by atoms with Gasteiger partial charge in [-0.1, -0.05) is 12.1 Å². The van der Waals surface area contributed by atoms with Crippen molar-refractivity contribution in [3.05, 3.63) is 58.9 Å². The number of fused-ring (bicyclic) bond motifs is 1. The summed E-state index contributed by atoms with van der Waals surface area (Å²) in [5.74, 6) is -4.57. The van der Waals surface area contributed by atoms with Gasteiger partial charge in [0.2, 0.25) is 0 Å². The van der Waals surface area contributed by atoms with Crippen LogP contribution in [0.15, 0.2) is 36.4 Å². The number of carbonyl (C=O) groups is 3. The highest BCUT2D eigenvalue weighted by Crippen LogP contribution is 2.28. The van der Waals surface area contributed by atoms with Gasteiger partial charge in [0.15, 0.2) is 17.3 Å². The minimum Gasteiger partial charge on any atom is -0.504 e. The van der Waals surface area contributed by atoms with Crippen LogP contribution < -0.4 is 0 Å². The molecule has 0 spiro atoms. The van der Waals surface area contributed by atoms with E-state index in [0.717, 1.165) is 11.0 Å². The molecule has 23 heavy (non-hydrogen) atoms. The zero-order chi connectivity index (χ0) is 16.7. The maximum atomic E-state index is 13.7. The molecular weight excluding hydrogens is 305 g/mol. The zero-order valence-electron chi connectivity index (χ0n) is 11.6. The van der Waals surface area contributed by atoms with Gasteiger partial charge in [0.25, 0.3) is 11.8 Å². The average Bonchev–Trinajstić information content (AvgIpc) is 2.76. The molecule has 2 aromatic rings. The van der Waals surface area contributed by atoms with Gasteiger partial charge in [-0.25, -0.2) is 4.39 Å². The van der Waals surface area contributed by atoms with E-state index in [4.69, 9.17) is 0 Å². The van der Waals surface area contributed by atoms with Gasteiger partial charge >= 0.3 is 0 Å². The number of hydrogen-bond acceptors (Lipinski definition) is 5. The molecule has 0 saturated heterocycles. The number of carbonyl (C=O) groups excluding carboxylic acids is 3. The van der Waals surface area contributed by atoms with Crippen molar-refractivity contribution in [2.45, 2.75) is 0 Å². The van der Waals surface area contributed by atoms with Crippen LogP contribution in [-0.4, -0.2) is 39.3 Å². The van der Waals surface area contributed by atoms with Gasteiger partial charge in [0, 0.05) is 6.07 Å². The summed E-state index contributed by atoms with van der Waals surface area (Å²) in [5, 5.41) is 18.5. The summed E-state index contributed by atoms with van der Waals surface area (Å²) in [5.41, 5.74) is -0.157. The van der Waals surface area contributed by atoms with Crippen LogP contribution in [0.2, 0.25) is 0 Å². The number of ketones is 1. The summed E-state index contributed by atoms with van der Waals surface area (Å²) in [6, 6.07) is 7.45. The highest BCUT2D eigenvalue weighted by Gasteiger charge is 2.36. The Balaban J connectivity index is 1.89. The number of phenolic OH excluding ortho intramolecular Hbond substituents is 2. The monoisotopic (exact) mass is 315 g/mol. The molecular formula is C16H10FNO5. The predicted octanol–water partition coefficient (Wildman–Crippen LogP) is 1.72. The lowest BCUT2D eigenvalue weighted by Gasteiger charge is -2.13. The van der Waals surface area contributed by atoms with Crippen molar-refractivity contribution in [3.63, 3.8) is 0 Å². The number of aromatic hydroxyl groups is 2. The molecule has 6 nitrogen and oxygen atoms in total. The quantitative estimate of drug-likeness (QED) is 0.511. The van der Waals surface area contributed by atoms with Crippen LogP contribution >= 0.6 is 0 Å². The second kappa shape index (κ2) is 5.20. The second-order valence-electron chi connectivity index (χ2n) is 4.99. The van der Waals surface area contributed by atoms with Crippen molar-refractivity contribution in [2.75, 3.05) is 6.54 Å². The number of amides is 2. The fourth-order valence-corrected chi connectivity index (χ4v) is 2.38. The second-order valence-corrected chi connectivity index (χ2v) is 4.99. The molecule has 2 aromatic carbocycles. The number of rotatable bonds is 3. The Labute approximate surface area is 129 Å². The lowest BCUT2D eigenvalue weighted by Crippen LogP contribution is -2.35. The third kappa shape index (κ3) is 2.32. The molecule has 7 heteroatoms. The lowest BCUT2D eigenvalue weighted by atomic mass is 10.1. The predicted molar refractivity (Wildman–Crippen MR) is 75.9 cm³/mol. The number of hydrogen-bond donors (Lipinski definition) is 2. The Kier molecular flexibility index (Phi) is 3.33. The Hall–Kier alpha value is -3.22. The van der Waals surface area contributed by atoms with Crippen molar-refractivity contribution >= 4 is 17.6 Å². The number of Topliss-reactive ketones (excluding diaryl/α,β-unsaturated/α-hetero) is 1. The fourth-order valence-electron chi connectivity index (χ4n) is 2.38. The first-order valence-corrected chi connectivity index (χ1v) is 6.60. The Morgan fingerprint density at radius 3 is 2.09 bits per heavy atom. The first kappa shape index (κ1) is 14.7. The van der Waals surface area contributed by atoms with E-state index >= 15 is 0 Å². The van der Waals surface area contributed by atoms with E-state index < -0.39 is 47.0 Å². The van der Waals surface area contributed by atoms with Crippen molar-refractivity contribution in [1.29, 1.82) is 0 Å². The minimum absolute atomic E-state index is 0.180. The minimum atomic E-state index is -1.05. The van der Waals surface area contributed by atoms with Crippen LogP contribution in [-0.2, 0) is 0 Å². The Morgan fingerprint density at radius 1 is 1.00 bits per heavy atom. The normalized spacial score (nSPS) is 13.3. The third-order valence-corrected chi connectivity index (χ3v) is 3.54. The summed E-state index contributed by atoms with van der Waals surface area (Å²) < 4.78 is 13.7. The Morgan fingerprint density at radius 2 is 1.52 bits per heavy atom. The molecule has 2 amide bonds. The van der Waals surface area contributed by atoms with Gasteiger partial charge in [0.1, 0.15) is 5.82 Å². The summed E-state index contributed by atoms with van der Waals surface area (Å²) in [7, 11) is 0. The Bertz CT molecular complexity index is 827. The van der Waals surface area contributed by atoms with Crippen LogP contribution in [0.4, 0.5) is 4.39 Å². The molecule has 0 atom stereocenters. The zero-order valence-corrected chi connectivity index (χ0v) is 11.6. The number of phenols is 2. The molecule has 0 aliphatic carbocycles. The SMILES string of the molecule is O=C(CN1C(=O)c2ccccc2C1=O)c1cc(O)c(O)cc1F. The number of nitrogens with zero attached hydrogens (tertiary/aromatic N) is 1. The molecule has 116 valence electrons. The summed E-state index contributed by atoms with van der Waals surface area (Å²) in [6.45, 7) is -0.659. The van der Waals surface area contributed by atoms with Crippen molar-refractivity contribution < 1.29 is 29.0 Å². The lowest BCUT2D eigenvalue weighted by molar-refractivity contribution is 0.0623. The molecule has 0 fully saturated rings. The molecule has 1 aliphatic rings. The van der Waals surface area contributed by atoms with E-state index in [1.807, 2.05) is 0 Å². The van der Waals surface area contributed by atoms with Crippen LogP contribution in [0.5, 0.6) is 11.5 Å². The third-order valence-electron chi connectivity index (χ3n) is 3.54. The first-order valence-electron chi connectivity index (χ1n) is 6.60. The molecule has 1 aliphatic heterocycles. The molecule has 0 bridgehead atoms. The molecule has 0 saturated carbocycles. The van der Waals surface area contributed by atoms with E-state index in [9.17, 15) is 29.0 Å². The van der Waals surface area contributed by atoms with Gasteiger partial charge in [-0.05, 0) is 18.2 Å². The molecule has 1 heterocycles. The van der Waals surface area contributed by atoms with Crippen molar-refractivity contribution in [1.82, 2.24) is 4.90 Å². The molecule has 0 aromatic heterocycles. The van der Waals surface area contributed by atoms with Crippen molar-refractivity contribution in [3.8, 4) is 11.5 Å². The van der Waals surface area contributed by atoms with Gasteiger partial charge in [-0.15, -0.1) is 0 Å². The number of imide groups is 1.